The van der Waals surface area contributed by atoms with Gasteiger partial charge in [0.2, 0.25) is 6.10 Å². The van der Waals surface area contributed by atoms with Crippen molar-refractivity contribution < 1.29 is 47.7 Å². The molecule has 0 aliphatic carbocycles. The fourth-order valence-corrected chi connectivity index (χ4v) is 3.96. The molecule has 1 spiro atoms. The molecule has 0 N–H and O–H groups in total. The maximum Gasteiger partial charge on any atom is 0.303 e. The number of nitrogens with zero attached hydrogens (tertiary/aromatic N) is 1. The van der Waals surface area contributed by atoms with Crippen LogP contribution < -0.4 is 0 Å². The topological polar surface area (TPSA) is 136 Å². The first-order valence-electron chi connectivity index (χ1n) is 10.7. The minimum Gasteiger partial charge on any atom is -0.463 e. The maximum atomic E-state index is 12.0. The van der Waals surface area contributed by atoms with Gasteiger partial charge >= 0.3 is 23.9 Å². The lowest BCUT2D eigenvalue weighted by Crippen LogP contribution is -2.69. The van der Waals surface area contributed by atoms with Crippen LogP contribution in [0.3, 0.4) is 0 Å². The van der Waals surface area contributed by atoms with Crippen molar-refractivity contribution >= 4 is 29.6 Å². The highest BCUT2D eigenvalue weighted by Gasteiger charge is 2.62. The Kier molecular flexibility index (Phi) is 7.87. The SMILES string of the molecule is CC(=O)OC[C@H]1O[C@@]2(CCC(c3ccccc3)=NO2)[C@H](OC(C)=O)[C@@H](OC(C)=O)[C@@H]1OC(C)=O. The first kappa shape index (κ1) is 25.2. The molecule has 184 valence electrons. The molecular weight excluding hydrogens is 450 g/mol. The van der Waals surface area contributed by atoms with E-state index in [1.54, 1.807) is 0 Å². The highest BCUT2D eigenvalue weighted by Crippen LogP contribution is 2.42. The van der Waals surface area contributed by atoms with Crippen LogP contribution in [-0.2, 0) is 47.7 Å². The Morgan fingerprint density at radius 1 is 0.912 bits per heavy atom. The smallest absolute Gasteiger partial charge is 0.303 e. The number of carbonyl (C=O) groups is 4. The van der Waals surface area contributed by atoms with Crippen LogP contribution in [0.1, 0.15) is 46.1 Å². The number of benzene rings is 1. The van der Waals surface area contributed by atoms with E-state index in [0.717, 1.165) is 19.4 Å². The van der Waals surface area contributed by atoms with E-state index in [4.69, 9.17) is 28.5 Å². The molecule has 0 saturated carbocycles. The Morgan fingerprint density at radius 3 is 2.06 bits per heavy atom. The zero-order valence-electron chi connectivity index (χ0n) is 19.3. The van der Waals surface area contributed by atoms with Crippen molar-refractivity contribution in [2.75, 3.05) is 6.61 Å². The molecule has 0 unspecified atom stereocenters. The third-order valence-corrected chi connectivity index (χ3v) is 5.25. The van der Waals surface area contributed by atoms with Crippen LogP contribution >= 0.6 is 0 Å². The van der Waals surface area contributed by atoms with E-state index in [-0.39, 0.29) is 13.0 Å². The maximum absolute atomic E-state index is 12.0. The lowest BCUT2D eigenvalue weighted by Gasteiger charge is -2.50. The minimum absolute atomic E-state index is 0.153. The minimum atomic E-state index is -1.69. The van der Waals surface area contributed by atoms with Gasteiger partial charge in [-0.3, -0.25) is 19.2 Å². The van der Waals surface area contributed by atoms with Gasteiger partial charge in [-0.1, -0.05) is 35.5 Å². The largest absolute Gasteiger partial charge is 0.463 e. The Bertz CT molecular complexity index is 962. The quantitative estimate of drug-likeness (QED) is 0.439. The second-order valence-corrected chi connectivity index (χ2v) is 7.94. The summed E-state index contributed by atoms with van der Waals surface area (Å²) in [6.07, 6.45) is -4.47. The molecule has 11 heteroatoms. The number of ether oxygens (including phenoxy) is 5. The molecule has 5 atom stereocenters. The molecule has 2 aliphatic rings. The molecule has 0 bridgehead atoms. The Hall–Kier alpha value is -3.47. The van der Waals surface area contributed by atoms with Crippen LogP contribution in [0.4, 0.5) is 0 Å². The summed E-state index contributed by atoms with van der Waals surface area (Å²) in [6.45, 7) is 4.36. The molecule has 1 aromatic carbocycles. The van der Waals surface area contributed by atoms with E-state index in [0.29, 0.717) is 12.1 Å². The molecule has 2 heterocycles. The molecule has 2 aliphatic heterocycles. The van der Waals surface area contributed by atoms with Crippen LogP contribution in [0.25, 0.3) is 0 Å². The van der Waals surface area contributed by atoms with Crippen molar-refractivity contribution in [1.82, 2.24) is 0 Å². The summed E-state index contributed by atoms with van der Waals surface area (Å²) in [7, 11) is 0. The van der Waals surface area contributed by atoms with E-state index >= 15 is 0 Å². The zero-order valence-corrected chi connectivity index (χ0v) is 19.3. The summed E-state index contributed by atoms with van der Waals surface area (Å²) in [5.41, 5.74) is 1.47. The summed E-state index contributed by atoms with van der Waals surface area (Å²) in [4.78, 5) is 53.1. The molecule has 1 fully saturated rings. The number of hydrogen-bond acceptors (Lipinski definition) is 11. The fraction of sp³-hybridized carbons (Fsp3) is 0.522. The second-order valence-electron chi connectivity index (χ2n) is 7.94. The van der Waals surface area contributed by atoms with Gasteiger partial charge in [0.25, 0.3) is 5.79 Å². The zero-order chi connectivity index (χ0) is 24.9. The molecule has 11 nitrogen and oxygen atoms in total. The van der Waals surface area contributed by atoms with Crippen molar-refractivity contribution in [1.29, 1.82) is 0 Å². The number of carbonyl (C=O) groups excluding carboxylic acids is 4. The van der Waals surface area contributed by atoms with Gasteiger partial charge in [0.05, 0.1) is 5.71 Å². The molecule has 0 radical (unpaired) electrons. The van der Waals surface area contributed by atoms with E-state index in [9.17, 15) is 19.2 Å². The number of hydrogen-bond donors (Lipinski definition) is 0. The van der Waals surface area contributed by atoms with Crippen molar-refractivity contribution in [2.24, 2.45) is 5.16 Å². The van der Waals surface area contributed by atoms with Gasteiger partial charge in [-0.05, 0) is 5.56 Å². The van der Waals surface area contributed by atoms with E-state index in [2.05, 4.69) is 5.16 Å². The van der Waals surface area contributed by atoms with Crippen LogP contribution in [0, 0.1) is 0 Å². The van der Waals surface area contributed by atoms with Gasteiger partial charge in [-0.2, -0.15) is 0 Å². The van der Waals surface area contributed by atoms with Gasteiger partial charge in [-0.25, -0.2) is 0 Å². The predicted molar refractivity (Wildman–Crippen MR) is 114 cm³/mol. The molecule has 1 saturated heterocycles. The molecule has 1 aromatic rings. The fourth-order valence-electron chi connectivity index (χ4n) is 3.96. The molecule has 3 rings (SSSR count). The predicted octanol–water partition coefficient (Wildman–Crippen LogP) is 1.65. The van der Waals surface area contributed by atoms with Crippen molar-refractivity contribution in [3.8, 4) is 0 Å². The first-order chi connectivity index (χ1) is 16.1. The number of esters is 4. The monoisotopic (exact) mass is 477 g/mol. The van der Waals surface area contributed by atoms with Gasteiger partial charge in [0.1, 0.15) is 12.7 Å². The Labute approximate surface area is 196 Å². The van der Waals surface area contributed by atoms with Crippen LogP contribution in [0.5, 0.6) is 0 Å². The normalized spacial score (nSPS) is 28.2. The standard InChI is InChI=1S/C23H27NO10/c1-13(25)29-12-19-20(30-14(2)26)21(31-15(3)27)22(32-16(4)28)23(33-19)11-10-18(24-34-23)17-8-6-5-7-9-17/h5-9,19-22H,10-12H2,1-4H3/t19-,20-,21+,22-,23-/m1/s1. The second kappa shape index (κ2) is 10.6. The van der Waals surface area contributed by atoms with Crippen LogP contribution in [0.15, 0.2) is 35.5 Å². The highest BCUT2D eigenvalue weighted by molar-refractivity contribution is 6.00. The summed E-state index contributed by atoms with van der Waals surface area (Å²) < 4.78 is 27.5. The average molecular weight is 477 g/mol. The summed E-state index contributed by atoms with van der Waals surface area (Å²) >= 11 is 0. The first-order valence-corrected chi connectivity index (χ1v) is 10.7. The van der Waals surface area contributed by atoms with Crippen molar-refractivity contribution in [3.05, 3.63) is 35.9 Å². The Balaban J connectivity index is 2.02. The summed E-state index contributed by atoms with van der Waals surface area (Å²) in [5.74, 6) is -4.41. The van der Waals surface area contributed by atoms with Gasteiger partial charge in [0.15, 0.2) is 12.2 Å². The van der Waals surface area contributed by atoms with Crippen LogP contribution in [-0.4, -0.2) is 66.4 Å². The molecule has 0 amide bonds. The lowest BCUT2D eigenvalue weighted by atomic mass is 9.87. The number of rotatable bonds is 6. The summed E-state index contributed by atoms with van der Waals surface area (Å²) in [6, 6.07) is 9.32. The van der Waals surface area contributed by atoms with Crippen molar-refractivity contribution in [2.45, 2.75) is 70.7 Å². The van der Waals surface area contributed by atoms with E-state index in [1.807, 2.05) is 30.3 Å². The van der Waals surface area contributed by atoms with Gasteiger partial charge in [0, 0.05) is 40.5 Å². The van der Waals surface area contributed by atoms with Crippen molar-refractivity contribution in [3.63, 3.8) is 0 Å². The molecule has 0 aromatic heterocycles. The average Bonchev–Trinajstić information content (AvgIpc) is 2.77. The number of oxime groups is 1. The van der Waals surface area contributed by atoms with E-state index < -0.39 is 54.1 Å². The molecule has 34 heavy (non-hydrogen) atoms. The van der Waals surface area contributed by atoms with Gasteiger partial charge in [-0.15, -0.1) is 0 Å². The third-order valence-electron chi connectivity index (χ3n) is 5.25. The van der Waals surface area contributed by atoms with Crippen LogP contribution in [0.2, 0.25) is 0 Å². The Morgan fingerprint density at radius 2 is 1.53 bits per heavy atom. The highest BCUT2D eigenvalue weighted by atomic mass is 16.8. The van der Waals surface area contributed by atoms with Gasteiger partial charge < -0.3 is 28.5 Å². The lowest BCUT2D eigenvalue weighted by molar-refractivity contribution is -0.370. The summed E-state index contributed by atoms with van der Waals surface area (Å²) in [5, 5.41) is 4.21. The molecular formula is C23H27NO10. The van der Waals surface area contributed by atoms with E-state index in [1.165, 1.54) is 13.8 Å². The third kappa shape index (κ3) is 5.90.